The van der Waals surface area contributed by atoms with Gasteiger partial charge in [0.2, 0.25) is 0 Å². The molecule has 1 unspecified atom stereocenters. The molecule has 0 saturated heterocycles. The average Bonchev–Trinajstić information content (AvgIpc) is 3.12. The maximum Gasteiger partial charge on any atom is 0.343 e. The highest BCUT2D eigenvalue weighted by Gasteiger charge is 2.24. The third-order valence-corrected chi connectivity index (χ3v) is 5.72. The zero-order chi connectivity index (χ0) is 20.1. The molecule has 0 saturated carbocycles. The Morgan fingerprint density at radius 2 is 1.93 bits per heavy atom. The molecule has 0 aliphatic carbocycles. The Balaban J connectivity index is 1.66. The van der Waals surface area contributed by atoms with E-state index in [1.807, 2.05) is 37.3 Å². The number of aliphatic hydroxyl groups excluding tert-OH is 1. The number of aryl methyl sites for hydroxylation is 2. The molecule has 3 aromatic carbocycles. The summed E-state index contributed by atoms with van der Waals surface area (Å²) in [7, 11) is 0. The van der Waals surface area contributed by atoms with Gasteiger partial charge in [0.05, 0.1) is 5.56 Å². The Morgan fingerprint density at radius 1 is 1.14 bits per heavy atom. The summed E-state index contributed by atoms with van der Waals surface area (Å²) in [6.07, 6.45) is 1.64. The predicted molar refractivity (Wildman–Crippen MR) is 114 cm³/mol. The molecule has 1 aliphatic heterocycles. The van der Waals surface area contributed by atoms with E-state index in [0.29, 0.717) is 17.7 Å². The molecule has 4 aromatic rings. The average molecular weight is 384 g/mol. The number of nitrogens with zero attached hydrogens (tertiary/aromatic N) is 1. The first-order chi connectivity index (χ1) is 14.0. The molecule has 2 heterocycles. The van der Waals surface area contributed by atoms with Gasteiger partial charge in [0.15, 0.2) is 6.23 Å². The molecular formula is C24H20N2O3. The molecule has 1 atom stereocenters. The molecule has 0 bridgehead atoms. The number of aliphatic hydroxyl groups is 1. The molecule has 0 amide bonds. The topological polar surface area (TPSA) is 74.7 Å². The minimum atomic E-state index is -0.842. The summed E-state index contributed by atoms with van der Waals surface area (Å²) in [5.41, 5.74) is 6.64. The molecule has 5 heteroatoms. The first kappa shape index (κ1) is 17.6. The summed E-state index contributed by atoms with van der Waals surface area (Å²) in [6.45, 7) is 4.08. The van der Waals surface area contributed by atoms with Crippen molar-refractivity contribution in [1.82, 2.24) is 4.98 Å². The summed E-state index contributed by atoms with van der Waals surface area (Å²) in [6, 6.07) is 14.5. The van der Waals surface area contributed by atoms with Crippen molar-refractivity contribution in [2.45, 2.75) is 26.5 Å². The highest BCUT2D eigenvalue weighted by Crippen LogP contribution is 2.40. The number of hydrogen-bond donors (Lipinski definition) is 2. The van der Waals surface area contributed by atoms with E-state index in [-0.39, 0.29) is 5.97 Å². The number of aromatic amines is 1. The lowest BCUT2D eigenvalue weighted by Gasteiger charge is -2.21. The molecule has 1 aliphatic rings. The van der Waals surface area contributed by atoms with Crippen LogP contribution in [-0.4, -0.2) is 22.3 Å². The van der Waals surface area contributed by atoms with Gasteiger partial charge in [0.1, 0.15) is 5.75 Å². The van der Waals surface area contributed by atoms with E-state index >= 15 is 0 Å². The van der Waals surface area contributed by atoms with Crippen molar-refractivity contribution in [2.75, 3.05) is 0 Å². The number of carbonyl (C=O) groups is 1. The smallest absolute Gasteiger partial charge is 0.343 e. The normalized spacial score (nSPS) is 15.6. The number of aliphatic imine (C=N–C) groups is 1. The number of ether oxygens (including phenoxy) is 1. The Labute approximate surface area is 167 Å². The highest BCUT2D eigenvalue weighted by molar-refractivity contribution is 6.11. The van der Waals surface area contributed by atoms with E-state index in [0.717, 1.165) is 44.1 Å². The number of carbonyl (C=O) groups excluding carboxylic acids is 1. The van der Waals surface area contributed by atoms with Gasteiger partial charge >= 0.3 is 5.97 Å². The minimum Gasteiger partial charge on any atom is -0.423 e. The zero-order valence-electron chi connectivity index (χ0n) is 16.2. The number of hydrogen-bond acceptors (Lipinski definition) is 4. The molecule has 1 aromatic heterocycles. The standard InChI is InChI=1S/C24H20N2O3/c1-13-17-10-11-25-23(27)21(17)14(2)20-18-12-16(8-9-19(18)26-22(13)20)29-24(28)15-6-4-3-5-7-15/h3-9,11-12,23,26-27H,10H2,1-2H3. The van der Waals surface area contributed by atoms with E-state index in [9.17, 15) is 9.90 Å². The van der Waals surface area contributed by atoms with Crippen molar-refractivity contribution in [2.24, 2.45) is 4.99 Å². The monoisotopic (exact) mass is 384 g/mol. The van der Waals surface area contributed by atoms with Gasteiger partial charge in [-0.05, 0) is 60.9 Å². The van der Waals surface area contributed by atoms with Crippen molar-refractivity contribution < 1.29 is 14.6 Å². The van der Waals surface area contributed by atoms with Gasteiger partial charge in [-0.2, -0.15) is 0 Å². The van der Waals surface area contributed by atoms with Crippen LogP contribution in [0.3, 0.4) is 0 Å². The van der Waals surface area contributed by atoms with Gasteiger partial charge in [0.25, 0.3) is 0 Å². The van der Waals surface area contributed by atoms with E-state index in [2.05, 4.69) is 16.9 Å². The lowest BCUT2D eigenvalue weighted by molar-refractivity contribution is 0.0735. The number of nitrogens with one attached hydrogen (secondary N) is 1. The van der Waals surface area contributed by atoms with Crippen LogP contribution in [0.2, 0.25) is 0 Å². The third kappa shape index (κ3) is 2.74. The predicted octanol–water partition coefficient (Wildman–Crippen LogP) is 4.77. The van der Waals surface area contributed by atoms with E-state index in [4.69, 9.17) is 4.74 Å². The fraction of sp³-hybridized carbons (Fsp3) is 0.167. The van der Waals surface area contributed by atoms with Crippen LogP contribution in [0.25, 0.3) is 21.8 Å². The molecule has 5 nitrogen and oxygen atoms in total. The largest absolute Gasteiger partial charge is 0.423 e. The van der Waals surface area contributed by atoms with Gasteiger partial charge < -0.3 is 14.8 Å². The Bertz CT molecular complexity index is 1300. The molecule has 0 fully saturated rings. The second-order valence-corrected chi connectivity index (χ2v) is 7.39. The van der Waals surface area contributed by atoms with Crippen molar-refractivity contribution in [3.63, 3.8) is 0 Å². The van der Waals surface area contributed by atoms with Crippen LogP contribution < -0.4 is 4.74 Å². The molecule has 0 spiro atoms. The summed E-state index contributed by atoms with van der Waals surface area (Å²) in [4.78, 5) is 20.1. The van der Waals surface area contributed by atoms with Gasteiger partial charge in [-0.15, -0.1) is 0 Å². The number of esters is 1. The Kier molecular flexibility index (Phi) is 4.00. The summed E-state index contributed by atoms with van der Waals surface area (Å²) in [5.74, 6) is 0.0976. The first-order valence-electron chi connectivity index (χ1n) is 9.59. The SMILES string of the molecule is Cc1c2c(c(C)c3c1[nH]c1ccc(OC(=O)c4ccccc4)cc13)C(O)N=CC2. The lowest BCUT2D eigenvalue weighted by Crippen LogP contribution is -2.11. The van der Waals surface area contributed by atoms with Crippen LogP contribution >= 0.6 is 0 Å². The Hall–Kier alpha value is -3.44. The number of H-pyrrole nitrogens is 1. The van der Waals surface area contributed by atoms with Crippen LogP contribution in [0.5, 0.6) is 5.75 Å². The second kappa shape index (κ2) is 6.57. The van der Waals surface area contributed by atoms with E-state index < -0.39 is 6.23 Å². The molecule has 2 N–H and O–H groups in total. The lowest BCUT2D eigenvalue weighted by atomic mass is 9.89. The van der Waals surface area contributed by atoms with Gasteiger partial charge in [-0.3, -0.25) is 4.99 Å². The van der Waals surface area contributed by atoms with Crippen LogP contribution in [0.4, 0.5) is 0 Å². The number of benzene rings is 3. The fourth-order valence-corrected chi connectivity index (χ4v) is 4.29. The van der Waals surface area contributed by atoms with Crippen molar-refractivity contribution in [3.8, 4) is 5.75 Å². The van der Waals surface area contributed by atoms with Crippen molar-refractivity contribution >= 4 is 34.0 Å². The maximum absolute atomic E-state index is 12.4. The summed E-state index contributed by atoms with van der Waals surface area (Å²) < 4.78 is 5.60. The molecule has 0 radical (unpaired) electrons. The molecular weight excluding hydrogens is 364 g/mol. The van der Waals surface area contributed by atoms with Crippen LogP contribution in [0.1, 0.15) is 38.8 Å². The number of fused-ring (bicyclic) bond motifs is 4. The molecule has 5 rings (SSSR count). The van der Waals surface area contributed by atoms with Gasteiger partial charge in [0, 0.05) is 40.0 Å². The Morgan fingerprint density at radius 3 is 2.72 bits per heavy atom. The van der Waals surface area contributed by atoms with Crippen LogP contribution in [0, 0.1) is 13.8 Å². The minimum absolute atomic E-state index is 0.389. The van der Waals surface area contributed by atoms with Gasteiger partial charge in [-0.25, -0.2) is 4.79 Å². The molecule has 144 valence electrons. The molecule has 29 heavy (non-hydrogen) atoms. The second-order valence-electron chi connectivity index (χ2n) is 7.39. The fourth-order valence-electron chi connectivity index (χ4n) is 4.29. The van der Waals surface area contributed by atoms with Crippen molar-refractivity contribution in [1.29, 1.82) is 0 Å². The van der Waals surface area contributed by atoms with E-state index in [1.165, 1.54) is 0 Å². The number of aromatic nitrogens is 1. The van der Waals surface area contributed by atoms with Crippen molar-refractivity contribution in [3.05, 3.63) is 76.3 Å². The third-order valence-electron chi connectivity index (χ3n) is 5.72. The highest BCUT2D eigenvalue weighted by atomic mass is 16.5. The summed E-state index contributed by atoms with van der Waals surface area (Å²) in [5, 5.41) is 12.5. The zero-order valence-corrected chi connectivity index (χ0v) is 16.2. The first-order valence-corrected chi connectivity index (χ1v) is 9.59. The summed E-state index contributed by atoms with van der Waals surface area (Å²) >= 11 is 0. The van der Waals surface area contributed by atoms with Crippen LogP contribution in [-0.2, 0) is 6.42 Å². The quantitative estimate of drug-likeness (QED) is 0.386. The number of rotatable bonds is 2. The maximum atomic E-state index is 12.4. The van der Waals surface area contributed by atoms with E-state index in [1.54, 1.807) is 24.4 Å². The van der Waals surface area contributed by atoms with Crippen LogP contribution in [0.15, 0.2) is 53.5 Å². The van der Waals surface area contributed by atoms with Gasteiger partial charge in [-0.1, -0.05) is 18.2 Å².